The minimum absolute atomic E-state index is 0.278. The Hall–Kier alpha value is -4.89. The maximum Gasteiger partial charge on any atom is 0.308 e. The predicted molar refractivity (Wildman–Crippen MR) is 156 cm³/mol. The number of rotatable bonds is 5. The summed E-state index contributed by atoms with van der Waals surface area (Å²) in [5.74, 6) is 0.213. The van der Waals surface area contributed by atoms with Crippen molar-refractivity contribution in [2.24, 2.45) is 0 Å². The first-order valence-electron chi connectivity index (χ1n) is 12.7. The van der Waals surface area contributed by atoms with Gasteiger partial charge in [-0.05, 0) is 62.2 Å². The molecular weight excluding hydrogens is 522 g/mol. The molecule has 3 aromatic carbocycles. The molecule has 40 heavy (non-hydrogen) atoms. The Bertz CT molecular complexity index is 2000. The van der Waals surface area contributed by atoms with E-state index in [1.807, 2.05) is 47.3 Å². The highest BCUT2D eigenvalue weighted by molar-refractivity contribution is 7.15. The molecule has 6 rings (SSSR count). The Morgan fingerprint density at radius 2 is 1.65 bits per heavy atom. The Balaban J connectivity index is 1.50. The number of hydrogen-bond acceptors (Lipinski definition) is 7. The van der Waals surface area contributed by atoms with Crippen molar-refractivity contribution < 1.29 is 9.53 Å². The number of carbonyl (C=O) groups is 1. The zero-order chi connectivity index (χ0) is 28.0. The van der Waals surface area contributed by atoms with Crippen LogP contribution in [0, 0.1) is 20.8 Å². The zero-order valence-corrected chi connectivity index (χ0v) is 23.2. The van der Waals surface area contributed by atoms with Gasteiger partial charge in [0.2, 0.25) is 4.96 Å². The van der Waals surface area contributed by atoms with Crippen LogP contribution in [0.15, 0.2) is 77.7 Å². The van der Waals surface area contributed by atoms with E-state index in [1.165, 1.54) is 28.3 Å². The predicted octanol–water partition coefficient (Wildman–Crippen LogP) is 5.07. The fourth-order valence-electron chi connectivity index (χ4n) is 4.94. The molecule has 0 bridgehead atoms. The van der Waals surface area contributed by atoms with E-state index >= 15 is 0 Å². The second-order valence-electron chi connectivity index (χ2n) is 9.62. The van der Waals surface area contributed by atoms with E-state index in [2.05, 4.69) is 43.0 Å². The van der Waals surface area contributed by atoms with Crippen LogP contribution >= 0.6 is 11.3 Å². The summed E-state index contributed by atoms with van der Waals surface area (Å²) in [5, 5.41) is 9.42. The number of para-hydroxylation sites is 2. The van der Waals surface area contributed by atoms with E-state index in [1.54, 1.807) is 24.3 Å². The smallest absolute Gasteiger partial charge is 0.308 e. The molecule has 0 aliphatic rings. The lowest BCUT2D eigenvalue weighted by molar-refractivity contribution is -0.131. The number of carbonyl (C=O) groups excluding carboxylic acids is 1. The lowest BCUT2D eigenvalue weighted by Crippen LogP contribution is -2.23. The second-order valence-corrected chi connectivity index (χ2v) is 10.6. The van der Waals surface area contributed by atoms with Gasteiger partial charge in [-0.2, -0.15) is 14.6 Å². The lowest BCUT2D eigenvalue weighted by atomic mass is 9.95. The monoisotopic (exact) mass is 547 g/mol. The van der Waals surface area contributed by atoms with Crippen molar-refractivity contribution in [1.29, 1.82) is 0 Å². The Labute approximate surface area is 233 Å². The number of nitrogens with zero attached hydrogens (tertiary/aromatic N) is 5. The molecule has 0 unspecified atom stereocenters. The van der Waals surface area contributed by atoms with Gasteiger partial charge < -0.3 is 4.74 Å². The molecule has 9 heteroatoms. The van der Waals surface area contributed by atoms with Gasteiger partial charge in [-0.1, -0.05) is 59.4 Å². The van der Waals surface area contributed by atoms with Crippen LogP contribution in [0.3, 0.4) is 0 Å². The zero-order valence-electron chi connectivity index (χ0n) is 22.4. The highest BCUT2D eigenvalue weighted by Gasteiger charge is 2.19. The number of aromatic nitrogens is 5. The molecule has 0 aliphatic heterocycles. The van der Waals surface area contributed by atoms with Gasteiger partial charge in [0.1, 0.15) is 11.4 Å². The molecule has 0 amide bonds. The van der Waals surface area contributed by atoms with Gasteiger partial charge in [0.15, 0.2) is 5.82 Å². The molecule has 6 aromatic rings. The Morgan fingerprint density at radius 3 is 2.35 bits per heavy atom. The summed E-state index contributed by atoms with van der Waals surface area (Å²) in [7, 11) is 0. The minimum atomic E-state index is -0.444. The Morgan fingerprint density at radius 1 is 0.950 bits per heavy atom. The maximum atomic E-state index is 13.5. The highest BCUT2D eigenvalue weighted by Crippen LogP contribution is 2.32. The third-order valence-electron chi connectivity index (χ3n) is 6.53. The summed E-state index contributed by atoms with van der Waals surface area (Å²) >= 11 is 1.25. The van der Waals surface area contributed by atoms with E-state index in [0.717, 1.165) is 33.6 Å². The topological polar surface area (TPSA) is 91.4 Å². The van der Waals surface area contributed by atoms with Crippen molar-refractivity contribution in [3.05, 3.63) is 110 Å². The minimum Gasteiger partial charge on any atom is -0.426 e. The quantitative estimate of drug-likeness (QED) is 0.221. The van der Waals surface area contributed by atoms with Crippen molar-refractivity contribution >= 4 is 28.3 Å². The average Bonchev–Trinajstić information content (AvgIpc) is 3.59. The van der Waals surface area contributed by atoms with Gasteiger partial charge in [0.25, 0.3) is 5.56 Å². The first-order valence-corrected chi connectivity index (χ1v) is 13.5. The Kier molecular flexibility index (Phi) is 6.36. The lowest BCUT2D eigenvalue weighted by Gasteiger charge is -2.10. The van der Waals surface area contributed by atoms with Gasteiger partial charge in [-0.15, -0.1) is 5.10 Å². The molecule has 3 aromatic heterocycles. The van der Waals surface area contributed by atoms with E-state index in [4.69, 9.17) is 9.84 Å². The van der Waals surface area contributed by atoms with E-state index in [-0.39, 0.29) is 5.56 Å². The molecule has 0 radical (unpaired) electrons. The fourth-order valence-corrected chi connectivity index (χ4v) is 5.84. The molecule has 0 saturated heterocycles. The SMILES string of the molecule is CC(=O)Oc1ccccc1-c1nc2s/c(=C\c3cn(-c4ccccc4)nc3-c3c(C)cc(C)cc3C)c(=O)n2n1. The van der Waals surface area contributed by atoms with Crippen LogP contribution in [0.1, 0.15) is 29.2 Å². The second kappa shape index (κ2) is 10.0. The molecule has 3 heterocycles. The number of ether oxygens (including phenoxy) is 1. The van der Waals surface area contributed by atoms with Crippen LogP contribution < -0.4 is 14.8 Å². The van der Waals surface area contributed by atoms with Gasteiger partial charge >= 0.3 is 5.97 Å². The van der Waals surface area contributed by atoms with E-state index < -0.39 is 5.97 Å². The summed E-state index contributed by atoms with van der Waals surface area (Å²) < 4.78 is 8.93. The van der Waals surface area contributed by atoms with Gasteiger partial charge in [0, 0.05) is 24.2 Å². The summed E-state index contributed by atoms with van der Waals surface area (Å²) in [5.41, 5.74) is 7.27. The van der Waals surface area contributed by atoms with Crippen LogP contribution in [0.25, 0.3) is 39.4 Å². The van der Waals surface area contributed by atoms with Crippen LogP contribution in [-0.4, -0.2) is 30.3 Å². The molecule has 198 valence electrons. The third-order valence-corrected chi connectivity index (χ3v) is 7.49. The molecule has 0 fully saturated rings. The van der Waals surface area contributed by atoms with Crippen LogP contribution in [0.5, 0.6) is 5.75 Å². The number of benzene rings is 3. The van der Waals surface area contributed by atoms with E-state index in [0.29, 0.717) is 26.6 Å². The van der Waals surface area contributed by atoms with Crippen molar-refractivity contribution in [1.82, 2.24) is 24.4 Å². The highest BCUT2D eigenvalue weighted by atomic mass is 32.1. The first-order chi connectivity index (χ1) is 19.3. The summed E-state index contributed by atoms with van der Waals surface area (Å²) in [6.45, 7) is 7.58. The molecule has 0 atom stereocenters. The summed E-state index contributed by atoms with van der Waals surface area (Å²) in [6, 6.07) is 21.2. The molecule has 0 aliphatic carbocycles. The fraction of sp³-hybridized carbons (Fsp3) is 0.129. The standard InChI is InChI=1S/C31H25N5O3S/c1-18-14-19(2)27(20(3)15-18)28-22(17-35(33-28)23-10-6-5-7-11-23)16-26-30(38)36-31(40-26)32-29(34-36)24-12-8-9-13-25(24)39-21(4)37/h5-17H,1-4H3/b26-16-. The molecule has 0 spiro atoms. The van der Waals surface area contributed by atoms with Crippen molar-refractivity contribution in [3.63, 3.8) is 0 Å². The number of fused-ring (bicyclic) bond motifs is 1. The number of aryl methyl sites for hydroxylation is 3. The van der Waals surface area contributed by atoms with Gasteiger partial charge in [-0.25, -0.2) is 4.68 Å². The van der Waals surface area contributed by atoms with Crippen LogP contribution in [0.4, 0.5) is 0 Å². The van der Waals surface area contributed by atoms with Crippen molar-refractivity contribution in [2.45, 2.75) is 27.7 Å². The van der Waals surface area contributed by atoms with Gasteiger partial charge in [0.05, 0.1) is 15.8 Å². The number of hydrogen-bond donors (Lipinski definition) is 0. The van der Waals surface area contributed by atoms with Gasteiger partial charge in [-0.3, -0.25) is 9.59 Å². The van der Waals surface area contributed by atoms with Crippen molar-refractivity contribution in [3.8, 4) is 34.1 Å². The molecule has 0 N–H and O–H groups in total. The molecule has 8 nitrogen and oxygen atoms in total. The van der Waals surface area contributed by atoms with E-state index in [9.17, 15) is 9.59 Å². The largest absolute Gasteiger partial charge is 0.426 e. The first kappa shape index (κ1) is 25.4. The summed E-state index contributed by atoms with van der Waals surface area (Å²) in [4.78, 5) is 30.0. The third kappa shape index (κ3) is 4.60. The maximum absolute atomic E-state index is 13.5. The number of thiazole rings is 1. The van der Waals surface area contributed by atoms with Crippen molar-refractivity contribution in [2.75, 3.05) is 0 Å². The van der Waals surface area contributed by atoms with Crippen LogP contribution in [0.2, 0.25) is 0 Å². The number of esters is 1. The summed E-state index contributed by atoms with van der Waals surface area (Å²) in [6.07, 6.45) is 3.80. The average molecular weight is 548 g/mol. The van der Waals surface area contributed by atoms with Crippen LogP contribution in [-0.2, 0) is 4.79 Å². The normalized spacial score (nSPS) is 11.8. The molecular formula is C31H25N5O3S. The molecule has 0 saturated carbocycles.